The van der Waals surface area contributed by atoms with Gasteiger partial charge in [0.05, 0.1) is 0 Å². The molecule has 0 spiro atoms. The highest BCUT2D eigenvalue weighted by molar-refractivity contribution is 5.86. The van der Waals surface area contributed by atoms with Crippen LogP contribution >= 0.6 is 0 Å². The van der Waals surface area contributed by atoms with Gasteiger partial charge in [0.25, 0.3) is 0 Å². The van der Waals surface area contributed by atoms with Gasteiger partial charge in [0.1, 0.15) is 0 Å². The highest BCUT2D eigenvalue weighted by Crippen LogP contribution is 2.20. The lowest BCUT2D eigenvalue weighted by atomic mass is 10.1. The predicted octanol–water partition coefficient (Wildman–Crippen LogP) is 2.64. The third kappa shape index (κ3) is 2.74. The van der Waals surface area contributed by atoms with Gasteiger partial charge in [-0.25, -0.2) is 8.78 Å². The second-order valence-electron chi connectivity index (χ2n) is 2.81. The first-order chi connectivity index (χ1) is 6.82. The van der Waals surface area contributed by atoms with Crippen LogP contribution in [0.2, 0.25) is 0 Å². The number of hydrogen-bond donors (Lipinski definition) is 0. The molecule has 0 aliphatic heterocycles. The van der Waals surface area contributed by atoms with E-state index in [1.54, 1.807) is 0 Å². The van der Waals surface area contributed by atoms with Crippen LogP contribution in [0.5, 0.6) is 0 Å². The summed E-state index contributed by atoms with van der Waals surface area (Å²) in [7, 11) is 0. The summed E-state index contributed by atoms with van der Waals surface area (Å²) < 4.78 is 60.8. The minimum absolute atomic E-state index is 0.600. The summed E-state index contributed by atoms with van der Waals surface area (Å²) in [4.78, 5) is 10.5. The molecule has 6 heteroatoms. The van der Waals surface area contributed by atoms with Gasteiger partial charge in [-0.2, -0.15) is 13.2 Å². The van der Waals surface area contributed by atoms with Crippen LogP contribution in [0.3, 0.4) is 0 Å². The van der Waals surface area contributed by atoms with Crippen LogP contribution in [0.25, 0.3) is 0 Å². The van der Waals surface area contributed by atoms with E-state index in [1.807, 2.05) is 0 Å². The lowest BCUT2D eigenvalue weighted by Gasteiger charge is -2.05. The first-order valence-electron chi connectivity index (χ1n) is 3.85. The highest BCUT2D eigenvalue weighted by atomic mass is 19.4. The zero-order valence-corrected chi connectivity index (χ0v) is 7.24. The molecule has 0 N–H and O–H groups in total. The lowest BCUT2D eigenvalue weighted by molar-refractivity contribution is -0.170. The van der Waals surface area contributed by atoms with Gasteiger partial charge < -0.3 is 0 Å². The summed E-state index contributed by atoms with van der Waals surface area (Å²) in [6.07, 6.45) is -6.22. The number of hydrogen-bond acceptors (Lipinski definition) is 1. The first kappa shape index (κ1) is 11.6. The van der Waals surface area contributed by atoms with Crippen molar-refractivity contribution in [3.63, 3.8) is 0 Å². The van der Waals surface area contributed by atoms with Crippen molar-refractivity contribution in [3.05, 3.63) is 35.4 Å². The van der Waals surface area contributed by atoms with Crippen molar-refractivity contribution in [1.82, 2.24) is 0 Å². The average molecular weight is 224 g/mol. The minimum Gasteiger partial charge on any atom is -0.289 e. The first-order valence-corrected chi connectivity index (χ1v) is 3.85. The Labute approximate surface area is 81.5 Å². The van der Waals surface area contributed by atoms with Gasteiger partial charge in [-0.3, -0.25) is 4.79 Å². The number of Topliss-reactive ketones (excluding diaryl/α,β-unsaturated/α-hetero) is 1. The van der Waals surface area contributed by atoms with E-state index >= 15 is 0 Å². The fraction of sp³-hybridized carbons (Fsp3) is 0.222. The topological polar surface area (TPSA) is 17.1 Å². The smallest absolute Gasteiger partial charge is 0.289 e. The SMILES string of the molecule is O=C(Cc1cccc(F)c1F)C(F)(F)F. The van der Waals surface area contributed by atoms with Crippen LogP contribution in [0.1, 0.15) is 5.56 Å². The average Bonchev–Trinajstić information content (AvgIpc) is 2.11. The van der Waals surface area contributed by atoms with E-state index < -0.39 is 35.6 Å². The summed E-state index contributed by atoms with van der Waals surface area (Å²) in [5.41, 5.74) is -0.600. The van der Waals surface area contributed by atoms with Gasteiger partial charge in [0.2, 0.25) is 5.78 Å². The van der Waals surface area contributed by atoms with E-state index in [2.05, 4.69) is 0 Å². The van der Waals surface area contributed by atoms with Crippen LogP contribution in [-0.4, -0.2) is 12.0 Å². The van der Waals surface area contributed by atoms with Gasteiger partial charge in [-0.05, 0) is 11.6 Å². The molecule has 0 unspecified atom stereocenters. The molecule has 15 heavy (non-hydrogen) atoms. The molecule has 0 saturated carbocycles. The summed E-state index contributed by atoms with van der Waals surface area (Å²) in [5.74, 6) is -4.80. The molecule has 1 aromatic rings. The molecule has 0 aliphatic rings. The molecule has 0 atom stereocenters. The number of ketones is 1. The summed E-state index contributed by atoms with van der Waals surface area (Å²) in [6.45, 7) is 0. The third-order valence-electron chi connectivity index (χ3n) is 1.70. The van der Waals surface area contributed by atoms with E-state index in [-0.39, 0.29) is 0 Å². The van der Waals surface area contributed by atoms with Crippen molar-refractivity contribution in [2.45, 2.75) is 12.6 Å². The van der Waals surface area contributed by atoms with Crippen LogP contribution in [-0.2, 0) is 11.2 Å². The highest BCUT2D eigenvalue weighted by Gasteiger charge is 2.38. The molecule has 0 saturated heterocycles. The van der Waals surface area contributed by atoms with Crippen molar-refractivity contribution in [3.8, 4) is 0 Å². The molecule has 1 rings (SSSR count). The predicted molar refractivity (Wildman–Crippen MR) is 41.1 cm³/mol. The fourth-order valence-corrected chi connectivity index (χ4v) is 0.958. The molecule has 0 aliphatic carbocycles. The van der Waals surface area contributed by atoms with E-state index in [0.717, 1.165) is 18.2 Å². The van der Waals surface area contributed by atoms with Crippen LogP contribution in [0.4, 0.5) is 22.0 Å². The second-order valence-corrected chi connectivity index (χ2v) is 2.81. The molecule has 1 aromatic carbocycles. The molecule has 82 valence electrons. The Balaban J connectivity index is 2.91. The minimum atomic E-state index is -5.03. The van der Waals surface area contributed by atoms with Crippen LogP contribution in [0.15, 0.2) is 18.2 Å². The number of benzene rings is 1. The summed E-state index contributed by atoms with van der Waals surface area (Å²) in [6, 6.07) is 2.73. The molecule has 1 nitrogen and oxygen atoms in total. The second kappa shape index (κ2) is 3.96. The van der Waals surface area contributed by atoms with Gasteiger partial charge in [-0.15, -0.1) is 0 Å². The van der Waals surface area contributed by atoms with Gasteiger partial charge in [-0.1, -0.05) is 12.1 Å². The van der Waals surface area contributed by atoms with E-state index in [0.29, 0.717) is 0 Å². The van der Waals surface area contributed by atoms with E-state index in [1.165, 1.54) is 0 Å². The Morgan fingerprint density at radius 1 is 1.20 bits per heavy atom. The maximum absolute atomic E-state index is 12.9. The number of carbonyl (C=O) groups is 1. The van der Waals surface area contributed by atoms with Gasteiger partial charge >= 0.3 is 6.18 Å². The number of alkyl halides is 3. The molecular formula is C9H5F5O. The Kier molecular flexibility index (Phi) is 3.06. The van der Waals surface area contributed by atoms with Crippen LogP contribution in [0, 0.1) is 11.6 Å². The largest absolute Gasteiger partial charge is 0.450 e. The lowest BCUT2D eigenvalue weighted by Crippen LogP contribution is -2.25. The summed E-state index contributed by atoms with van der Waals surface area (Å²) in [5, 5.41) is 0. The molecule has 0 amide bonds. The number of carbonyl (C=O) groups excluding carboxylic acids is 1. The molecule has 0 bridgehead atoms. The van der Waals surface area contributed by atoms with E-state index in [9.17, 15) is 26.7 Å². The van der Waals surface area contributed by atoms with Crippen molar-refractivity contribution >= 4 is 5.78 Å². The van der Waals surface area contributed by atoms with Gasteiger partial charge in [0, 0.05) is 6.42 Å². The van der Waals surface area contributed by atoms with Crippen molar-refractivity contribution in [2.75, 3.05) is 0 Å². The van der Waals surface area contributed by atoms with E-state index in [4.69, 9.17) is 0 Å². The Bertz CT molecular complexity index is 383. The number of rotatable bonds is 2. The monoisotopic (exact) mass is 224 g/mol. The Morgan fingerprint density at radius 3 is 2.33 bits per heavy atom. The zero-order chi connectivity index (χ0) is 11.6. The number of halogens is 5. The van der Waals surface area contributed by atoms with Crippen molar-refractivity contribution < 1.29 is 26.7 Å². The van der Waals surface area contributed by atoms with Crippen molar-refractivity contribution in [2.24, 2.45) is 0 Å². The zero-order valence-electron chi connectivity index (χ0n) is 7.24. The maximum atomic E-state index is 12.9. The maximum Gasteiger partial charge on any atom is 0.450 e. The molecule has 0 fully saturated rings. The molecular weight excluding hydrogens is 219 g/mol. The fourth-order valence-electron chi connectivity index (χ4n) is 0.958. The summed E-state index contributed by atoms with van der Waals surface area (Å²) >= 11 is 0. The molecule has 0 heterocycles. The van der Waals surface area contributed by atoms with Crippen LogP contribution < -0.4 is 0 Å². The Hall–Kier alpha value is -1.46. The normalized spacial score (nSPS) is 11.5. The third-order valence-corrected chi connectivity index (χ3v) is 1.70. The molecule has 0 aromatic heterocycles. The molecule has 0 radical (unpaired) electrons. The Morgan fingerprint density at radius 2 is 1.80 bits per heavy atom. The van der Waals surface area contributed by atoms with Gasteiger partial charge in [0.15, 0.2) is 11.6 Å². The standard InChI is InChI=1S/C9H5F5O/c10-6-3-1-2-5(8(6)11)4-7(15)9(12,13)14/h1-3H,4H2. The quantitative estimate of drug-likeness (QED) is 0.706. The van der Waals surface area contributed by atoms with Crippen molar-refractivity contribution in [1.29, 1.82) is 0 Å².